The standard InChI is InChI=1S/C16H34N2O2S/c1-5-9-16(3,14-17-10-6-2)12-15-8-7-11-18(13-15)21(4,19)20/h15,17H,5-14H2,1-4H3. The molecule has 1 rings (SSSR count). The molecule has 2 atom stereocenters. The maximum absolute atomic E-state index is 11.7. The van der Waals surface area contributed by atoms with Crippen LogP contribution in [0, 0.1) is 11.3 Å². The summed E-state index contributed by atoms with van der Waals surface area (Å²) in [4.78, 5) is 0. The molecular formula is C16H34N2O2S. The quantitative estimate of drug-likeness (QED) is 0.665. The first-order valence-corrected chi connectivity index (χ1v) is 10.3. The van der Waals surface area contributed by atoms with Crippen molar-refractivity contribution in [3.8, 4) is 0 Å². The Balaban J connectivity index is 2.61. The van der Waals surface area contributed by atoms with Gasteiger partial charge in [-0.1, -0.05) is 27.2 Å². The van der Waals surface area contributed by atoms with Gasteiger partial charge < -0.3 is 5.32 Å². The van der Waals surface area contributed by atoms with Gasteiger partial charge in [-0.2, -0.15) is 0 Å². The van der Waals surface area contributed by atoms with E-state index in [4.69, 9.17) is 0 Å². The number of hydrogen-bond acceptors (Lipinski definition) is 3. The Bertz CT molecular complexity index is 397. The second-order valence-electron chi connectivity index (χ2n) is 7.07. The molecule has 0 aromatic rings. The van der Waals surface area contributed by atoms with Gasteiger partial charge in [-0.3, -0.25) is 0 Å². The molecule has 21 heavy (non-hydrogen) atoms. The van der Waals surface area contributed by atoms with Gasteiger partial charge >= 0.3 is 0 Å². The minimum atomic E-state index is -3.03. The number of sulfonamides is 1. The Morgan fingerprint density at radius 1 is 1.29 bits per heavy atom. The van der Waals surface area contributed by atoms with Crippen LogP contribution in [-0.2, 0) is 10.0 Å². The minimum absolute atomic E-state index is 0.287. The summed E-state index contributed by atoms with van der Waals surface area (Å²) in [6, 6.07) is 0. The average Bonchev–Trinajstić information content (AvgIpc) is 2.38. The molecule has 0 aliphatic carbocycles. The second kappa shape index (κ2) is 8.49. The SMILES string of the molecule is CCCNCC(C)(CCC)CC1CCCN(S(C)(=O)=O)C1. The van der Waals surface area contributed by atoms with Crippen LogP contribution in [0.3, 0.4) is 0 Å². The summed E-state index contributed by atoms with van der Waals surface area (Å²) >= 11 is 0. The lowest BCUT2D eigenvalue weighted by molar-refractivity contribution is 0.162. The third kappa shape index (κ3) is 6.66. The van der Waals surface area contributed by atoms with Gasteiger partial charge in [0.25, 0.3) is 0 Å². The van der Waals surface area contributed by atoms with E-state index >= 15 is 0 Å². The number of nitrogens with one attached hydrogen (secondary N) is 1. The van der Waals surface area contributed by atoms with Crippen LogP contribution < -0.4 is 5.32 Å². The van der Waals surface area contributed by atoms with Gasteiger partial charge in [0.15, 0.2) is 0 Å². The number of hydrogen-bond donors (Lipinski definition) is 1. The van der Waals surface area contributed by atoms with Crippen LogP contribution in [0.2, 0.25) is 0 Å². The molecule has 1 N–H and O–H groups in total. The van der Waals surface area contributed by atoms with Crippen molar-refractivity contribution in [2.75, 3.05) is 32.4 Å². The first kappa shape index (κ1) is 18.9. The average molecular weight is 319 g/mol. The van der Waals surface area contributed by atoms with E-state index < -0.39 is 10.0 Å². The molecular weight excluding hydrogens is 284 g/mol. The molecule has 2 unspecified atom stereocenters. The lowest BCUT2D eigenvalue weighted by Crippen LogP contribution is -2.42. The van der Waals surface area contributed by atoms with E-state index in [-0.39, 0.29) is 5.41 Å². The molecule has 0 aromatic carbocycles. The first-order chi connectivity index (χ1) is 9.80. The topological polar surface area (TPSA) is 49.4 Å². The zero-order chi connectivity index (χ0) is 15.9. The number of nitrogens with zero attached hydrogens (tertiary/aromatic N) is 1. The molecule has 126 valence electrons. The largest absolute Gasteiger partial charge is 0.316 e. The molecule has 1 aliphatic rings. The molecule has 1 aliphatic heterocycles. The van der Waals surface area contributed by atoms with Gasteiger partial charge in [0.05, 0.1) is 6.26 Å². The van der Waals surface area contributed by atoms with E-state index in [1.165, 1.54) is 25.5 Å². The molecule has 4 nitrogen and oxygen atoms in total. The highest BCUT2D eigenvalue weighted by molar-refractivity contribution is 7.88. The fourth-order valence-electron chi connectivity index (χ4n) is 3.62. The Labute approximate surface area is 131 Å². The fraction of sp³-hybridized carbons (Fsp3) is 1.00. The predicted molar refractivity (Wildman–Crippen MR) is 89.9 cm³/mol. The maximum Gasteiger partial charge on any atom is 0.211 e. The fourth-order valence-corrected chi connectivity index (χ4v) is 4.57. The molecule has 0 aromatic heterocycles. The summed E-state index contributed by atoms with van der Waals surface area (Å²) in [5, 5.41) is 3.56. The zero-order valence-corrected chi connectivity index (χ0v) is 15.1. The highest BCUT2D eigenvalue weighted by Gasteiger charge is 2.32. The van der Waals surface area contributed by atoms with Crippen molar-refractivity contribution in [2.45, 2.75) is 59.3 Å². The minimum Gasteiger partial charge on any atom is -0.316 e. The summed E-state index contributed by atoms with van der Waals surface area (Å²) in [5.74, 6) is 0.508. The third-order valence-electron chi connectivity index (χ3n) is 4.56. The van der Waals surface area contributed by atoms with E-state index in [0.29, 0.717) is 19.0 Å². The Hall–Kier alpha value is -0.130. The van der Waals surface area contributed by atoms with Crippen LogP contribution in [0.25, 0.3) is 0 Å². The summed E-state index contributed by atoms with van der Waals surface area (Å²) in [6.07, 6.45) is 8.19. The normalized spacial score (nSPS) is 23.9. The van der Waals surface area contributed by atoms with E-state index in [1.807, 2.05) is 0 Å². The lowest BCUT2D eigenvalue weighted by atomic mass is 9.75. The monoisotopic (exact) mass is 318 g/mol. The molecule has 1 fully saturated rings. The van der Waals surface area contributed by atoms with Gasteiger partial charge in [0.1, 0.15) is 0 Å². The molecule has 1 heterocycles. The summed E-state index contributed by atoms with van der Waals surface area (Å²) in [5.41, 5.74) is 0.287. The smallest absolute Gasteiger partial charge is 0.211 e. The Morgan fingerprint density at radius 2 is 2.00 bits per heavy atom. The number of rotatable bonds is 9. The van der Waals surface area contributed by atoms with Crippen molar-refractivity contribution < 1.29 is 8.42 Å². The summed E-state index contributed by atoms with van der Waals surface area (Å²) in [6.45, 7) is 10.3. The molecule has 5 heteroatoms. The molecule has 0 bridgehead atoms. The second-order valence-corrected chi connectivity index (χ2v) is 9.05. The predicted octanol–water partition coefficient (Wildman–Crippen LogP) is 2.85. The highest BCUT2D eigenvalue weighted by Crippen LogP contribution is 2.34. The van der Waals surface area contributed by atoms with Crippen LogP contribution in [0.15, 0.2) is 0 Å². The van der Waals surface area contributed by atoms with Crippen LogP contribution in [0.1, 0.15) is 59.3 Å². The van der Waals surface area contributed by atoms with Crippen LogP contribution in [-0.4, -0.2) is 45.2 Å². The Morgan fingerprint density at radius 3 is 2.57 bits per heavy atom. The molecule has 0 spiro atoms. The summed E-state index contributed by atoms with van der Waals surface area (Å²) in [7, 11) is -3.03. The van der Waals surface area contributed by atoms with Crippen LogP contribution in [0.4, 0.5) is 0 Å². The van der Waals surface area contributed by atoms with Crippen LogP contribution >= 0.6 is 0 Å². The third-order valence-corrected chi connectivity index (χ3v) is 5.83. The molecule has 0 radical (unpaired) electrons. The Kier molecular flexibility index (Phi) is 7.65. The van der Waals surface area contributed by atoms with Gasteiger partial charge in [-0.25, -0.2) is 12.7 Å². The van der Waals surface area contributed by atoms with Crippen molar-refractivity contribution in [1.82, 2.24) is 9.62 Å². The number of piperidine rings is 1. The maximum atomic E-state index is 11.7. The van der Waals surface area contributed by atoms with E-state index in [0.717, 1.165) is 32.4 Å². The van der Waals surface area contributed by atoms with Gasteiger partial charge in [0.2, 0.25) is 10.0 Å². The van der Waals surface area contributed by atoms with Crippen molar-refractivity contribution in [3.05, 3.63) is 0 Å². The summed E-state index contributed by atoms with van der Waals surface area (Å²) < 4.78 is 25.2. The van der Waals surface area contributed by atoms with Crippen molar-refractivity contribution in [3.63, 3.8) is 0 Å². The first-order valence-electron chi connectivity index (χ1n) is 8.46. The van der Waals surface area contributed by atoms with Gasteiger partial charge in [-0.05, 0) is 50.0 Å². The van der Waals surface area contributed by atoms with E-state index in [1.54, 1.807) is 4.31 Å². The lowest BCUT2D eigenvalue weighted by Gasteiger charge is -2.38. The zero-order valence-electron chi connectivity index (χ0n) is 14.3. The van der Waals surface area contributed by atoms with Crippen LogP contribution in [0.5, 0.6) is 0 Å². The molecule has 1 saturated heterocycles. The van der Waals surface area contributed by atoms with E-state index in [9.17, 15) is 8.42 Å². The van der Waals surface area contributed by atoms with Gasteiger partial charge in [-0.15, -0.1) is 0 Å². The molecule has 0 saturated carbocycles. The van der Waals surface area contributed by atoms with Crippen molar-refractivity contribution >= 4 is 10.0 Å². The van der Waals surface area contributed by atoms with Crippen molar-refractivity contribution in [2.24, 2.45) is 11.3 Å². The highest BCUT2D eigenvalue weighted by atomic mass is 32.2. The van der Waals surface area contributed by atoms with Crippen molar-refractivity contribution in [1.29, 1.82) is 0 Å². The van der Waals surface area contributed by atoms with E-state index in [2.05, 4.69) is 26.1 Å². The van der Waals surface area contributed by atoms with Gasteiger partial charge in [0, 0.05) is 19.6 Å². The molecule has 0 amide bonds.